The van der Waals surface area contributed by atoms with E-state index in [9.17, 15) is 14.3 Å². The summed E-state index contributed by atoms with van der Waals surface area (Å²) in [5.41, 5.74) is 1.51. The molecule has 0 aliphatic rings. The summed E-state index contributed by atoms with van der Waals surface area (Å²) >= 11 is 0. The zero-order valence-corrected chi connectivity index (χ0v) is 20.2. The van der Waals surface area contributed by atoms with Gasteiger partial charge in [-0.25, -0.2) is 14.0 Å². The highest BCUT2D eigenvalue weighted by molar-refractivity contribution is 7.93. The summed E-state index contributed by atoms with van der Waals surface area (Å²) in [5, 5.41) is 9.43. The van der Waals surface area contributed by atoms with Crippen molar-refractivity contribution in [1.82, 2.24) is 4.90 Å². The van der Waals surface area contributed by atoms with E-state index in [-0.39, 0.29) is 19.0 Å². The molecule has 176 valence electrons. The highest BCUT2D eigenvalue weighted by atomic mass is 32.2. The lowest BCUT2D eigenvalue weighted by Gasteiger charge is -2.14. The van der Waals surface area contributed by atoms with Crippen LogP contribution in [0.4, 0.5) is 10.5 Å². The molecule has 0 spiro atoms. The van der Waals surface area contributed by atoms with Crippen molar-refractivity contribution in [3.63, 3.8) is 0 Å². The summed E-state index contributed by atoms with van der Waals surface area (Å²) in [4.78, 5) is 18.3. The average Bonchev–Trinajstić information content (AvgIpc) is 2.81. The van der Waals surface area contributed by atoms with Crippen molar-refractivity contribution in [2.24, 2.45) is 9.36 Å². The first-order valence-corrected chi connectivity index (χ1v) is 11.9. The number of amides is 1. The first-order valence-electron chi connectivity index (χ1n) is 10.2. The number of carbonyl (C=O) groups is 1. The molecule has 2 rings (SSSR count). The van der Waals surface area contributed by atoms with Crippen LogP contribution >= 0.6 is 0 Å². The zero-order chi connectivity index (χ0) is 24.4. The lowest BCUT2D eigenvalue weighted by molar-refractivity contribution is 0.164. The van der Waals surface area contributed by atoms with Crippen LogP contribution in [0.25, 0.3) is 0 Å². The fourth-order valence-corrected chi connectivity index (χ4v) is 4.23. The smallest absolute Gasteiger partial charge is 0.442 e. The second-order valence-corrected chi connectivity index (χ2v) is 9.51. The van der Waals surface area contributed by atoms with E-state index in [1.807, 2.05) is 20.2 Å². The lowest BCUT2D eigenvalue weighted by Crippen LogP contribution is -2.10. The number of ether oxygens (including phenoxy) is 3. The number of benzene rings is 2. The Balaban J connectivity index is 2.35. The molecule has 0 radical (unpaired) electrons. The fraction of sp³-hybridized carbons (Fsp3) is 0.348. The van der Waals surface area contributed by atoms with Crippen molar-refractivity contribution < 1.29 is 23.2 Å². The Bertz CT molecular complexity index is 1180. The van der Waals surface area contributed by atoms with Gasteiger partial charge < -0.3 is 19.1 Å². The Morgan fingerprint density at radius 1 is 1.21 bits per heavy atom. The SMILES string of the molecule is CCOC(=O)N=S(=O)(CC)c1cccc(COc2cc(N=CN(C)C)c(C#N)cc2OC)c1. The third-order valence-electron chi connectivity index (χ3n) is 4.37. The zero-order valence-electron chi connectivity index (χ0n) is 19.4. The molecule has 0 saturated heterocycles. The van der Waals surface area contributed by atoms with Gasteiger partial charge in [-0.05, 0) is 24.6 Å². The van der Waals surface area contributed by atoms with E-state index in [4.69, 9.17) is 14.2 Å². The van der Waals surface area contributed by atoms with Gasteiger partial charge in [-0.2, -0.15) is 5.26 Å². The standard InChI is InChI=1S/C23H28N4O5S/c1-6-31-23(28)26-33(29,7-2)19-10-8-9-17(11-19)15-32-22-13-20(25-16-27(3)4)18(14-24)12-21(22)30-5/h8-13,16H,6-7,15H2,1-5H3. The number of carbonyl (C=O) groups excluding carboxylic acids is 1. The molecule has 2 aromatic carbocycles. The molecule has 0 fully saturated rings. The number of hydrogen-bond donors (Lipinski definition) is 0. The molecule has 33 heavy (non-hydrogen) atoms. The first-order chi connectivity index (χ1) is 15.8. The van der Waals surface area contributed by atoms with Gasteiger partial charge in [0.25, 0.3) is 0 Å². The first kappa shape index (κ1) is 25.7. The topological polar surface area (TPSA) is 114 Å². The molecule has 0 heterocycles. The van der Waals surface area contributed by atoms with Gasteiger partial charge in [-0.3, -0.25) is 0 Å². The van der Waals surface area contributed by atoms with E-state index < -0.39 is 15.8 Å². The summed E-state index contributed by atoms with van der Waals surface area (Å²) in [6.45, 7) is 3.65. The monoisotopic (exact) mass is 472 g/mol. The van der Waals surface area contributed by atoms with Crippen LogP contribution < -0.4 is 9.47 Å². The van der Waals surface area contributed by atoms with Crippen molar-refractivity contribution in [3.8, 4) is 17.6 Å². The third kappa shape index (κ3) is 6.95. The van der Waals surface area contributed by atoms with Crippen molar-refractivity contribution >= 4 is 27.8 Å². The number of methoxy groups -OCH3 is 1. The van der Waals surface area contributed by atoms with Gasteiger partial charge >= 0.3 is 6.09 Å². The van der Waals surface area contributed by atoms with Crippen molar-refractivity contribution in [1.29, 1.82) is 5.26 Å². The molecular formula is C23H28N4O5S. The van der Waals surface area contributed by atoms with Crippen LogP contribution in [-0.4, -0.2) is 55.1 Å². The maximum absolute atomic E-state index is 13.2. The summed E-state index contributed by atoms with van der Waals surface area (Å²) in [6, 6.07) is 12.2. The molecule has 0 aromatic heterocycles. The predicted molar refractivity (Wildman–Crippen MR) is 127 cm³/mol. The summed E-state index contributed by atoms with van der Waals surface area (Å²) < 4.78 is 33.2. The molecule has 2 aromatic rings. The molecule has 1 atom stereocenters. The van der Waals surface area contributed by atoms with Crippen LogP contribution in [0.2, 0.25) is 0 Å². The highest BCUT2D eigenvalue weighted by Gasteiger charge is 2.16. The summed E-state index contributed by atoms with van der Waals surface area (Å²) in [5.74, 6) is 0.953. The Labute approximate surface area is 194 Å². The third-order valence-corrected chi connectivity index (χ3v) is 6.59. The predicted octanol–water partition coefficient (Wildman–Crippen LogP) is 4.37. The van der Waals surface area contributed by atoms with E-state index >= 15 is 0 Å². The number of hydrogen-bond acceptors (Lipinski definition) is 7. The highest BCUT2D eigenvalue weighted by Crippen LogP contribution is 2.35. The number of nitrogens with zero attached hydrogens (tertiary/aromatic N) is 4. The van der Waals surface area contributed by atoms with Gasteiger partial charge in [-0.15, -0.1) is 4.36 Å². The van der Waals surface area contributed by atoms with E-state index in [1.54, 1.807) is 55.4 Å². The van der Waals surface area contributed by atoms with E-state index in [1.165, 1.54) is 7.11 Å². The number of rotatable bonds is 9. The number of aliphatic imine (C=N–C) groups is 1. The van der Waals surface area contributed by atoms with Gasteiger partial charge in [0.1, 0.15) is 12.7 Å². The molecule has 1 unspecified atom stereocenters. The lowest BCUT2D eigenvalue weighted by atomic mass is 10.1. The minimum atomic E-state index is -2.97. The molecule has 0 aliphatic heterocycles. The molecule has 0 bridgehead atoms. The largest absolute Gasteiger partial charge is 0.493 e. The molecule has 1 amide bonds. The van der Waals surface area contributed by atoms with Gasteiger partial charge in [0.15, 0.2) is 11.5 Å². The Kier molecular flexibility index (Phi) is 9.24. The Hall–Kier alpha value is -3.58. The molecule has 0 saturated carbocycles. The van der Waals surface area contributed by atoms with E-state index in [0.29, 0.717) is 27.6 Å². The molecule has 0 aliphatic carbocycles. The van der Waals surface area contributed by atoms with Gasteiger partial charge in [0.05, 0.1) is 41.0 Å². The van der Waals surface area contributed by atoms with Crippen LogP contribution in [-0.2, 0) is 21.1 Å². The van der Waals surface area contributed by atoms with Crippen LogP contribution in [0.1, 0.15) is 25.0 Å². The average molecular weight is 473 g/mol. The molecular weight excluding hydrogens is 444 g/mol. The molecule has 10 heteroatoms. The Morgan fingerprint density at radius 2 is 1.97 bits per heavy atom. The van der Waals surface area contributed by atoms with E-state index in [0.717, 1.165) is 5.56 Å². The van der Waals surface area contributed by atoms with Gasteiger partial charge in [0.2, 0.25) is 0 Å². The van der Waals surface area contributed by atoms with Crippen molar-refractivity contribution in [3.05, 3.63) is 47.5 Å². The van der Waals surface area contributed by atoms with Crippen molar-refractivity contribution in [2.45, 2.75) is 25.3 Å². The van der Waals surface area contributed by atoms with Crippen LogP contribution in [0.3, 0.4) is 0 Å². The van der Waals surface area contributed by atoms with Crippen LogP contribution in [0, 0.1) is 11.3 Å². The maximum atomic E-state index is 13.2. The summed E-state index contributed by atoms with van der Waals surface area (Å²) in [6.07, 6.45) is 0.740. The van der Waals surface area contributed by atoms with Crippen LogP contribution in [0.15, 0.2) is 50.6 Å². The fourth-order valence-electron chi connectivity index (χ4n) is 2.74. The Morgan fingerprint density at radius 3 is 2.58 bits per heavy atom. The van der Waals surface area contributed by atoms with Crippen molar-refractivity contribution in [2.75, 3.05) is 33.6 Å². The number of nitriles is 1. The van der Waals surface area contributed by atoms with E-state index in [2.05, 4.69) is 15.4 Å². The minimum absolute atomic E-state index is 0.131. The second kappa shape index (κ2) is 11.9. The van der Waals surface area contributed by atoms with Gasteiger partial charge in [-0.1, -0.05) is 19.1 Å². The normalized spacial score (nSPS) is 12.5. The molecule has 0 N–H and O–H groups in total. The van der Waals surface area contributed by atoms with Crippen LogP contribution in [0.5, 0.6) is 11.5 Å². The van der Waals surface area contributed by atoms with Gasteiger partial charge in [0, 0.05) is 36.9 Å². The maximum Gasteiger partial charge on any atom is 0.442 e. The summed E-state index contributed by atoms with van der Waals surface area (Å²) in [7, 11) is 2.17. The molecule has 9 nitrogen and oxygen atoms in total. The minimum Gasteiger partial charge on any atom is -0.493 e. The quantitative estimate of drug-likeness (QED) is 0.393. The second-order valence-electron chi connectivity index (χ2n) is 7.00.